The maximum Gasteiger partial charge on any atom is 0.230 e. The summed E-state index contributed by atoms with van der Waals surface area (Å²) in [5.41, 5.74) is 0. The molecular formula is C16H17NO4S. The lowest BCUT2D eigenvalue weighted by Gasteiger charge is -2.09. The van der Waals surface area contributed by atoms with Crippen molar-refractivity contribution in [1.29, 1.82) is 0 Å². The van der Waals surface area contributed by atoms with Crippen LogP contribution in [0.25, 0.3) is 0 Å². The van der Waals surface area contributed by atoms with Crippen molar-refractivity contribution >= 4 is 17.7 Å². The highest BCUT2D eigenvalue weighted by atomic mass is 32.2. The van der Waals surface area contributed by atoms with Crippen LogP contribution in [0.15, 0.2) is 45.9 Å². The Kier molecular flexibility index (Phi) is 4.90. The summed E-state index contributed by atoms with van der Waals surface area (Å²) in [6.45, 7) is 1.74. The number of fused-ring (bicyclic) bond motifs is 1. The van der Waals surface area contributed by atoms with Crippen molar-refractivity contribution in [2.75, 3.05) is 19.0 Å². The minimum atomic E-state index is -0.0338. The first-order valence-electron chi connectivity index (χ1n) is 7.13. The predicted octanol–water partition coefficient (Wildman–Crippen LogP) is 2.85. The lowest BCUT2D eigenvalue weighted by atomic mass is 10.3. The number of carbonyl (C=O) groups excluding carboxylic acids is 1. The van der Waals surface area contributed by atoms with Crippen LogP contribution in [0.5, 0.6) is 11.5 Å². The molecule has 22 heavy (non-hydrogen) atoms. The Morgan fingerprint density at radius 3 is 2.86 bits per heavy atom. The monoisotopic (exact) mass is 319 g/mol. The van der Waals surface area contributed by atoms with Crippen LogP contribution in [0.3, 0.4) is 0 Å². The minimum Gasteiger partial charge on any atom is -0.490 e. The van der Waals surface area contributed by atoms with E-state index >= 15 is 0 Å². The molecule has 0 saturated carbocycles. The van der Waals surface area contributed by atoms with Gasteiger partial charge in [-0.2, -0.15) is 0 Å². The fourth-order valence-electron chi connectivity index (χ4n) is 2.03. The second-order valence-electron chi connectivity index (χ2n) is 4.80. The van der Waals surface area contributed by atoms with Crippen LogP contribution in [-0.2, 0) is 11.3 Å². The number of rotatable bonds is 5. The van der Waals surface area contributed by atoms with Crippen molar-refractivity contribution < 1.29 is 18.7 Å². The van der Waals surface area contributed by atoms with E-state index in [0.717, 1.165) is 28.6 Å². The summed E-state index contributed by atoms with van der Waals surface area (Å²) in [4.78, 5) is 12.8. The Labute approximate surface area is 133 Å². The molecule has 0 bridgehead atoms. The van der Waals surface area contributed by atoms with E-state index in [9.17, 15) is 4.79 Å². The average molecular weight is 319 g/mol. The maximum atomic E-state index is 11.8. The molecule has 0 saturated heterocycles. The molecule has 6 heteroatoms. The van der Waals surface area contributed by atoms with E-state index in [4.69, 9.17) is 13.9 Å². The van der Waals surface area contributed by atoms with Crippen LogP contribution in [0.4, 0.5) is 0 Å². The molecule has 0 unspecified atom stereocenters. The summed E-state index contributed by atoms with van der Waals surface area (Å²) in [5, 5.41) is 2.82. The lowest BCUT2D eigenvalue weighted by Crippen LogP contribution is -2.24. The van der Waals surface area contributed by atoms with Crippen LogP contribution >= 0.6 is 11.8 Å². The van der Waals surface area contributed by atoms with Crippen molar-refractivity contribution in [2.45, 2.75) is 17.9 Å². The normalized spacial score (nSPS) is 13.5. The third kappa shape index (κ3) is 3.98. The summed E-state index contributed by atoms with van der Waals surface area (Å²) in [6.07, 6.45) is 2.47. The molecule has 0 spiro atoms. The number of ether oxygens (including phenoxy) is 2. The number of amides is 1. The van der Waals surface area contributed by atoms with E-state index in [1.54, 1.807) is 12.3 Å². The summed E-state index contributed by atoms with van der Waals surface area (Å²) in [6, 6.07) is 9.39. The van der Waals surface area contributed by atoms with Crippen molar-refractivity contribution in [1.82, 2.24) is 5.32 Å². The average Bonchev–Trinajstić information content (AvgIpc) is 2.95. The van der Waals surface area contributed by atoms with E-state index < -0.39 is 0 Å². The fourth-order valence-corrected chi connectivity index (χ4v) is 2.79. The highest BCUT2D eigenvalue weighted by Gasteiger charge is 2.11. The zero-order valence-corrected chi connectivity index (χ0v) is 12.9. The fraction of sp³-hybridized carbons (Fsp3) is 0.312. The minimum absolute atomic E-state index is 0.0338. The van der Waals surface area contributed by atoms with Gasteiger partial charge >= 0.3 is 0 Å². The predicted molar refractivity (Wildman–Crippen MR) is 83.3 cm³/mol. The van der Waals surface area contributed by atoms with Gasteiger partial charge in [0.15, 0.2) is 11.5 Å². The Balaban J connectivity index is 1.50. The SMILES string of the molecule is O=C(CSc1ccc2c(c1)OCCCO2)NCc1ccco1. The van der Waals surface area contributed by atoms with Crippen molar-refractivity contribution in [2.24, 2.45) is 0 Å². The van der Waals surface area contributed by atoms with Gasteiger partial charge < -0.3 is 19.2 Å². The number of carbonyl (C=O) groups is 1. The van der Waals surface area contributed by atoms with Crippen LogP contribution in [0.1, 0.15) is 12.2 Å². The van der Waals surface area contributed by atoms with Crippen molar-refractivity contribution in [3.05, 3.63) is 42.4 Å². The molecule has 0 radical (unpaired) electrons. The van der Waals surface area contributed by atoms with Gasteiger partial charge in [-0.25, -0.2) is 0 Å². The van der Waals surface area contributed by atoms with Gasteiger partial charge in [-0.3, -0.25) is 4.79 Å². The second-order valence-corrected chi connectivity index (χ2v) is 5.85. The summed E-state index contributed by atoms with van der Waals surface area (Å²) in [5.74, 6) is 2.57. The third-order valence-electron chi connectivity index (χ3n) is 3.13. The summed E-state index contributed by atoms with van der Waals surface area (Å²) < 4.78 is 16.4. The van der Waals surface area contributed by atoms with E-state index in [-0.39, 0.29) is 5.91 Å². The quantitative estimate of drug-likeness (QED) is 0.859. The molecule has 116 valence electrons. The molecule has 1 aromatic heterocycles. The molecule has 0 atom stereocenters. The van der Waals surface area contributed by atoms with Crippen LogP contribution in [-0.4, -0.2) is 24.9 Å². The zero-order valence-electron chi connectivity index (χ0n) is 12.0. The van der Waals surface area contributed by atoms with Gasteiger partial charge in [0.1, 0.15) is 5.76 Å². The Hall–Kier alpha value is -2.08. The van der Waals surface area contributed by atoms with Gasteiger partial charge in [-0.1, -0.05) is 0 Å². The number of furan rings is 1. The largest absolute Gasteiger partial charge is 0.490 e. The van der Waals surface area contributed by atoms with Crippen molar-refractivity contribution in [3.63, 3.8) is 0 Å². The first-order chi connectivity index (χ1) is 10.8. The molecule has 5 nitrogen and oxygen atoms in total. The molecule has 1 aromatic carbocycles. The Morgan fingerprint density at radius 2 is 2.05 bits per heavy atom. The zero-order chi connectivity index (χ0) is 15.2. The van der Waals surface area contributed by atoms with Gasteiger partial charge in [0.05, 0.1) is 31.8 Å². The molecule has 1 N–H and O–H groups in total. The van der Waals surface area contributed by atoms with Gasteiger partial charge in [0, 0.05) is 11.3 Å². The topological polar surface area (TPSA) is 60.7 Å². The first kappa shape index (κ1) is 14.8. The summed E-state index contributed by atoms with van der Waals surface area (Å²) in [7, 11) is 0. The standard InChI is InChI=1S/C16H17NO4S/c18-16(17-10-12-3-1-6-19-12)11-22-13-4-5-14-15(9-13)21-8-2-7-20-14/h1,3-6,9H,2,7-8,10-11H2,(H,17,18). The second kappa shape index (κ2) is 7.26. The van der Waals surface area contributed by atoms with Crippen LogP contribution in [0, 0.1) is 0 Å². The van der Waals surface area contributed by atoms with E-state index in [2.05, 4.69) is 5.32 Å². The Morgan fingerprint density at radius 1 is 1.18 bits per heavy atom. The molecule has 0 fully saturated rings. The van der Waals surface area contributed by atoms with Gasteiger partial charge in [-0.15, -0.1) is 11.8 Å². The molecule has 1 aliphatic rings. The molecule has 1 aliphatic heterocycles. The van der Waals surface area contributed by atoms with Crippen LogP contribution < -0.4 is 14.8 Å². The number of thioether (sulfide) groups is 1. The maximum absolute atomic E-state index is 11.8. The van der Waals surface area contributed by atoms with Crippen molar-refractivity contribution in [3.8, 4) is 11.5 Å². The first-order valence-corrected chi connectivity index (χ1v) is 8.11. The number of nitrogens with one attached hydrogen (secondary N) is 1. The lowest BCUT2D eigenvalue weighted by molar-refractivity contribution is -0.118. The van der Waals surface area contributed by atoms with Crippen LogP contribution in [0.2, 0.25) is 0 Å². The molecule has 2 heterocycles. The molecule has 3 rings (SSSR count). The Bertz CT molecular complexity index is 627. The molecular weight excluding hydrogens is 302 g/mol. The van der Waals surface area contributed by atoms with Gasteiger partial charge in [0.2, 0.25) is 5.91 Å². The smallest absolute Gasteiger partial charge is 0.230 e. The van der Waals surface area contributed by atoms with E-state index in [1.807, 2.05) is 24.3 Å². The number of benzene rings is 1. The number of hydrogen-bond acceptors (Lipinski definition) is 5. The van der Waals surface area contributed by atoms with Gasteiger partial charge in [-0.05, 0) is 30.3 Å². The van der Waals surface area contributed by atoms with E-state index in [0.29, 0.717) is 25.5 Å². The number of hydrogen-bond donors (Lipinski definition) is 1. The van der Waals surface area contributed by atoms with Gasteiger partial charge in [0.25, 0.3) is 0 Å². The highest BCUT2D eigenvalue weighted by molar-refractivity contribution is 8.00. The summed E-state index contributed by atoms with van der Waals surface area (Å²) >= 11 is 1.47. The van der Waals surface area contributed by atoms with E-state index in [1.165, 1.54) is 11.8 Å². The molecule has 2 aromatic rings. The third-order valence-corrected chi connectivity index (χ3v) is 4.12. The molecule has 1 amide bonds. The highest BCUT2D eigenvalue weighted by Crippen LogP contribution is 2.33. The molecule has 0 aliphatic carbocycles.